The number of benzene rings is 1. The number of aryl methyl sites for hydroxylation is 1. The molecule has 3 rings (SSSR count). The van der Waals surface area contributed by atoms with Gasteiger partial charge in [0.05, 0.1) is 24.0 Å². The number of ether oxygens (including phenoxy) is 1. The van der Waals surface area contributed by atoms with Crippen LogP contribution in [0, 0.1) is 0 Å². The van der Waals surface area contributed by atoms with Gasteiger partial charge < -0.3 is 20.7 Å². The average Bonchev–Trinajstić information content (AvgIpc) is 3.22. The molecule has 12 nitrogen and oxygen atoms in total. The van der Waals surface area contributed by atoms with E-state index < -0.39 is 18.9 Å². The summed E-state index contributed by atoms with van der Waals surface area (Å²) in [5, 5.41) is 21.8. The Morgan fingerprint density at radius 2 is 2.16 bits per heavy atom. The Hall–Kier alpha value is -4.48. The minimum atomic E-state index is -2.75. The predicted octanol–water partition coefficient (Wildman–Crippen LogP) is 1.69. The van der Waals surface area contributed by atoms with Crippen molar-refractivity contribution in [3.8, 4) is 17.1 Å². The summed E-state index contributed by atoms with van der Waals surface area (Å²) in [5.74, 6) is -0.233. The van der Waals surface area contributed by atoms with Crippen LogP contribution in [0.2, 0.25) is 0 Å². The number of carbonyl (C=O) groups excluding carboxylic acids is 2. The minimum Gasteiger partial charge on any atom is -0.494 e. The number of rotatable bonds is 8. The van der Waals surface area contributed by atoms with E-state index in [0.29, 0.717) is 22.8 Å². The second-order valence-corrected chi connectivity index (χ2v) is 6.32. The number of anilines is 3. The number of urea groups is 1. The number of carbonyl (C=O) groups is 2. The summed E-state index contributed by atoms with van der Waals surface area (Å²) in [6.07, 6.45) is 3.03. The minimum absolute atomic E-state index is 0.000935. The Balaban J connectivity index is 2.02. The van der Waals surface area contributed by atoms with Crippen LogP contribution in [0.25, 0.3) is 11.4 Å². The van der Waals surface area contributed by atoms with E-state index >= 15 is 0 Å². The lowest BCUT2D eigenvalue weighted by Crippen LogP contribution is -2.29. The summed E-state index contributed by atoms with van der Waals surface area (Å²) in [6.45, 7) is 0.982. The first kappa shape index (κ1) is 18.3. The van der Waals surface area contributed by atoms with Crippen LogP contribution in [-0.4, -0.2) is 57.5 Å². The molecule has 0 unspecified atom stereocenters. The Bertz CT molecular complexity index is 1240. The molecule has 0 fully saturated rings. The molecular weight excluding hydrogens is 414 g/mol. The molecule has 0 spiro atoms. The molecule has 0 bridgehead atoms. The van der Waals surface area contributed by atoms with Gasteiger partial charge >= 0.3 is 6.03 Å². The van der Waals surface area contributed by atoms with Gasteiger partial charge in [-0.25, -0.2) is 9.78 Å². The summed E-state index contributed by atoms with van der Waals surface area (Å²) in [6, 6.07) is 5.89. The van der Waals surface area contributed by atoms with Crippen LogP contribution >= 0.6 is 0 Å². The van der Waals surface area contributed by atoms with Crippen LogP contribution in [0.3, 0.4) is 0 Å². The van der Waals surface area contributed by atoms with Crippen molar-refractivity contribution in [1.29, 1.82) is 0 Å². The van der Waals surface area contributed by atoms with Crippen LogP contribution < -0.4 is 26.0 Å². The summed E-state index contributed by atoms with van der Waals surface area (Å²) >= 11 is 0. The largest absolute Gasteiger partial charge is 0.494 e. The molecule has 0 aliphatic rings. The third-order valence-electron chi connectivity index (χ3n) is 4.10. The fourth-order valence-corrected chi connectivity index (χ4v) is 2.74. The standard InChI is InChI=1S/C20H23N9O3/c1-5-9-22-20(31)25-15-10-14(16(27-26-15)19(30)21-2)24-13-8-6-7-12(17(13)32-4)18-23-11-29(3)28-18/h5-8,10-11H,1,9H2,2-4H3,(H,21,30)(H3,22,24,25,26,31)/i2D3. The number of aromatic nitrogens is 5. The van der Waals surface area contributed by atoms with Gasteiger partial charge in [-0.15, -0.1) is 16.8 Å². The highest BCUT2D eigenvalue weighted by atomic mass is 16.5. The molecule has 0 radical (unpaired) electrons. The molecule has 12 heteroatoms. The zero-order chi connectivity index (χ0) is 25.6. The first-order valence-electron chi connectivity index (χ1n) is 10.8. The van der Waals surface area contributed by atoms with Gasteiger partial charge in [-0.3, -0.25) is 14.8 Å². The van der Waals surface area contributed by atoms with E-state index in [0.717, 1.165) is 0 Å². The SMILES string of the molecule is [2H]C([2H])([2H])NC(=O)c1nnc(NC(=O)NCC=C)cc1Nc1cccc(-c2ncn(C)n2)c1OC. The van der Waals surface area contributed by atoms with Gasteiger partial charge in [0.25, 0.3) is 5.91 Å². The molecule has 2 heterocycles. The monoisotopic (exact) mass is 440 g/mol. The molecular formula is C20H23N9O3. The average molecular weight is 440 g/mol. The summed E-state index contributed by atoms with van der Waals surface area (Å²) in [5.41, 5.74) is 0.706. The number of nitrogens with zero attached hydrogens (tertiary/aromatic N) is 5. The fourth-order valence-electron chi connectivity index (χ4n) is 2.74. The Morgan fingerprint density at radius 3 is 2.84 bits per heavy atom. The number of hydrogen-bond acceptors (Lipinski definition) is 8. The van der Waals surface area contributed by atoms with E-state index in [9.17, 15) is 9.59 Å². The van der Waals surface area contributed by atoms with Crippen LogP contribution in [-0.2, 0) is 7.05 Å². The van der Waals surface area contributed by atoms with Gasteiger partial charge in [-0.1, -0.05) is 12.1 Å². The van der Waals surface area contributed by atoms with E-state index in [4.69, 9.17) is 8.85 Å². The third-order valence-corrected chi connectivity index (χ3v) is 4.10. The van der Waals surface area contributed by atoms with E-state index in [2.05, 4.69) is 42.8 Å². The van der Waals surface area contributed by atoms with Crippen LogP contribution in [0.4, 0.5) is 22.0 Å². The van der Waals surface area contributed by atoms with Crippen molar-refractivity contribution in [3.05, 3.63) is 48.9 Å². The second kappa shape index (κ2) is 10.0. The molecule has 1 aromatic carbocycles. The lowest BCUT2D eigenvalue weighted by Gasteiger charge is -2.16. The lowest BCUT2D eigenvalue weighted by atomic mass is 10.1. The molecule has 0 aliphatic carbocycles. The predicted molar refractivity (Wildman–Crippen MR) is 119 cm³/mol. The number of methoxy groups -OCH3 is 1. The van der Waals surface area contributed by atoms with Crippen LogP contribution in [0.5, 0.6) is 5.75 Å². The second-order valence-electron chi connectivity index (χ2n) is 6.32. The first-order chi connectivity index (χ1) is 16.6. The smallest absolute Gasteiger partial charge is 0.320 e. The molecule has 0 saturated carbocycles. The number of nitrogens with one attached hydrogen (secondary N) is 4. The number of amides is 3. The Kier molecular flexibility index (Phi) is 5.73. The van der Waals surface area contributed by atoms with Crippen molar-refractivity contribution in [2.24, 2.45) is 7.05 Å². The van der Waals surface area contributed by atoms with E-state index in [1.54, 1.807) is 25.2 Å². The Labute approximate surface area is 188 Å². The molecule has 166 valence electrons. The maximum Gasteiger partial charge on any atom is 0.320 e. The number of hydrogen-bond donors (Lipinski definition) is 4. The van der Waals surface area contributed by atoms with Crippen molar-refractivity contribution in [2.45, 2.75) is 0 Å². The van der Waals surface area contributed by atoms with Crippen LogP contribution in [0.15, 0.2) is 43.2 Å². The lowest BCUT2D eigenvalue weighted by molar-refractivity contribution is 0.0958. The Morgan fingerprint density at radius 1 is 1.31 bits per heavy atom. The summed E-state index contributed by atoms with van der Waals surface area (Å²) in [7, 11) is 3.18. The molecule has 0 aliphatic heterocycles. The van der Waals surface area contributed by atoms with Crippen LogP contribution in [0.1, 0.15) is 14.6 Å². The molecule has 0 saturated heterocycles. The highest BCUT2D eigenvalue weighted by molar-refractivity contribution is 5.99. The van der Waals surface area contributed by atoms with Gasteiger partial charge in [0.1, 0.15) is 6.33 Å². The third kappa shape index (κ3) is 4.98. The molecule has 0 atom stereocenters. The van der Waals surface area contributed by atoms with Crippen molar-refractivity contribution < 1.29 is 18.4 Å². The molecule has 32 heavy (non-hydrogen) atoms. The summed E-state index contributed by atoms with van der Waals surface area (Å²) < 4.78 is 29.0. The highest BCUT2D eigenvalue weighted by Gasteiger charge is 2.19. The fraction of sp³-hybridized carbons (Fsp3) is 0.200. The zero-order valence-electron chi connectivity index (χ0n) is 20.3. The van der Waals surface area contributed by atoms with Gasteiger partial charge in [-0.2, -0.15) is 5.10 Å². The van der Waals surface area contributed by atoms with Gasteiger partial charge in [0.2, 0.25) is 0 Å². The summed E-state index contributed by atoms with van der Waals surface area (Å²) in [4.78, 5) is 28.9. The molecule has 3 amide bonds. The van der Waals surface area contributed by atoms with Gasteiger partial charge in [0, 0.05) is 30.7 Å². The van der Waals surface area contributed by atoms with Crippen molar-refractivity contribution >= 4 is 29.1 Å². The van der Waals surface area contributed by atoms with Crippen molar-refractivity contribution in [1.82, 2.24) is 35.6 Å². The van der Waals surface area contributed by atoms with Gasteiger partial charge in [-0.05, 0) is 12.1 Å². The molecule has 4 N–H and O–H groups in total. The molecule has 2 aromatic heterocycles. The topological polar surface area (TPSA) is 148 Å². The van der Waals surface area contributed by atoms with E-state index in [-0.39, 0.29) is 23.7 Å². The molecule has 3 aromatic rings. The van der Waals surface area contributed by atoms with Gasteiger partial charge in [0.15, 0.2) is 23.1 Å². The van der Waals surface area contributed by atoms with E-state index in [1.165, 1.54) is 30.3 Å². The number of para-hydroxylation sites is 1. The zero-order valence-corrected chi connectivity index (χ0v) is 17.3. The first-order valence-corrected chi connectivity index (χ1v) is 9.27. The normalized spacial score (nSPS) is 12.0. The van der Waals surface area contributed by atoms with Crippen molar-refractivity contribution in [2.75, 3.05) is 31.3 Å². The quantitative estimate of drug-likeness (QED) is 0.387. The van der Waals surface area contributed by atoms with E-state index in [1.807, 2.05) is 5.32 Å². The maximum atomic E-state index is 12.6. The van der Waals surface area contributed by atoms with Crippen molar-refractivity contribution in [3.63, 3.8) is 0 Å². The highest BCUT2D eigenvalue weighted by Crippen LogP contribution is 2.37. The maximum absolute atomic E-state index is 12.6.